The van der Waals surface area contributed by atoms with Gasteiger partial charge in [0.05, 0.1) is 23.4 Å². The van der Waals surface area contributed by atoms with E-state index in [4.69, 9.17) is 14.8 Å². The zero-order valence-electron chi connectivity index (χ0n) is 20.0. The Morgan fingerprint density at radius 1 is 0.737 bits per heavy atom. The van der Waals surface area contributed by atoms with Gasteiger partial charge in [-0.05, 0) is 77.9 Å². The lowest BCUT2D eigenvalue weighted by atomic mass is 10.1. The molecule has 38 heavy (non-hydrogen) atoms. The predicted octanol–water partition coefficient (Wildman–Crippen LogP) is 5.67. The van der Waals surface area contributed by atoms with Gasteiger partial charge in [-0.15, -0.1) is 0 Å². The SMILES string of the molecule is O=C(O)c1cc(O)ccc1C(=O)Nc1ccc(Oc2ccc(NOCc3ccccc3COO)cc2)cc1. The van der Waals surface area contributed by atoms with Gasteiger partial charge in [0.2, 0.25) is 0 Å². The van der Waals surface area contributed by atoms with Crippen LogP contribution in [0.25, 0.3) is 0 Å². The van der Waals surface area contributed by atoms with E-state index in [9.17, 15) is 19.8 Å². The van der Waals surface area contributed by atoms with E-state index in [1.807, 2.05) is 24.3 Å². The summed E-state index contributed by atoms with van der Waals surface area (Å²) in [6.45, 7) is 0.341. The van der Waals surface area contributed by atoms with E-state index < -0.39 is 11.9 Å². The lowest BCUT2D eigenvalue weighted by molar-refractivity contribution is -0.253. The highest BCUT2D eigenvalue weighted by Crippen LogP contribution is 2.25. The van der Waals surface area contributed by atoms with Crippen molar-refractivity contribution >= 4 is 23.3 Å². The molecule has 4 aromatic carbocycles. The average Bonchev–Trinajstić information content (AvgIpc) is 2.92. The highest BCUT2D eigenvalue weighted by molar-refractivity contribution is 6.10. The van der Waals surface area contributed by atoms with Crippen LogP contribution in [0.2, 0.25) is 0 Å². The topological polar surface area (TPSA) is 147 Å². The zero-order valence-corrected chi connectivity index (χ0v) is 20.0. The fourth-order valence-electron chi connectivity index (χ4n) is 3.54. The molecule has 0 fully saturated rings. The molecular formula is C28H24N2O8. The van der Waals surface area contributed by atoms with E-state index in [1.54, 1.807) is 48.5 Å². The van der Waals surface area contributed by atoms with Crippen molar-refractivity contribution in [2.75, 3.05) is 10.8 Å². The Bertz CT molecular complexity index is 1410. The normalized spacial score (nSPS) is 10.6. The summed E-state index contributed by atoms with van der Waals surface area (Å²) >= 11 is 0. The van der Waals surface area contributed by atoms with E-state index >= 15 is 0 Å². The Labute approximate surface area is 217 Å². The molecule has 4 rings (SSSR count). The van der Waals surface area contributed by atoms with Crippen LogP contribution in [0, 0.1) is 0 Å². The van der Waals surface area contributed by atoms with Gasteiger partial charge in [0.15, 0.2) is 0 Å². The molecule has 1 amide bonds. The van der Waals surface area contributed by atoms with Crippen LogP contribution in [0.4, 0.5) is 11.4 Å². The summed E-state index contributed by atoms with van der Waals surface area (Å²) in [5.41, 5.74) is 5.33. The first-order valence-electron chi connectivity index (χ1n) is 11.4. The fourth-order valence-corrected chi connectivity index (χ4v) is 3.54. The van der Waals surface area contributed by atoms with Crippen LogP contribution in [0.1, 0.15) is 31.8 Å². The molecule has 0 aliphatic carbocycles. The molecular weight excluding hydrogens is 492 g/mol. The highest BCUT2D eigenvalue weighted by atomic mass is 17.1. The van der Waals surface area contributed by atoms with Gasteiger partial charge in [-0.25, -0.2) is 9.68 Å². The summed E-state index contributed by atoms with van der Waals surface area (Å²) in [4.78, 5) is 33.7. The lowest BCUT2D eigenvalue weighted by Gasteiger charge is -2.11. The maximum atomic E-state index is 12.5. The molecule has 10 heteroatoms. The van der Waals surface area contributed by atoms with E-state index in [0.29, 0.717) is 22.9 Å². The van der Waals surface area contributed by atoms with Crippen LogP contribution < -0.4 is 15.5 Å². The van der Waals surface area contributed by atoms with Crippen LogP contribution >= 0.6 is 0 Å². The van der Waals surface area contributed by atoms with Crippen LogP contribution in [0.3, 0.4) is 0 Å². The van der Waals surface area contributed by atoms with Crippen LogP contribution in [-0.2, 0) is 22.9 Å². The monoisotopic (exact) mass is 516 g/mol. The number of nitrogens with one attached hydrogen (secondary N) is 2. The van der Waals surface area contributed by atoms with Crippen molar-refractivity contribution in [2.24, 2.45) is 0 Å². The number of rotatable bonds is 11. The molecule has 0 saturated carbocycles. The molecule has 0 aliphatic rings. The maximum Gasteiger partial charge on any atom is 0.336 e. The quantitative estimate of drug-likeness (QED) is 0.126. The fraction of sp³-hybridized carbons (Fsp3) is 0.0714. The number of carbonyl (C=O) groups excluding carboxylic acids is 1. The van der Waals surface area contributed by atoms with Crippen LogP contribution in [0.5, 0.6) is 17.2 Å². The van der Waals surface area contributed by atoms with Gasteiger partial charge in [-0.3, -0.25) is 20.4 Å². The molecule has 0 atom stereocenters. The molecule has 0 aromatic heterocycles. The molecule has 5 N–H and O–H groups in total. The number of phenols is 1. The summed E-state index contributed by atoms with van der Waals surface area (Å²) in [6, 6.07) is 24.6. The number of carboxylic acid groups (broad SMARTS) is 1. The molecule has 0 unspecified atom stereocenters. The standard InChI is InChI=1S/C28H24N2O8/c31-22-9-14-25(26(15-22)28(33)34)27(32)29-20-5-10-23(11-6-20)38-24-12-7-21(8-13-24)30-36-16-18-3-1-2-4-19(18)17-37-35/h1-15,30-31,35H,16-17H2,(H,29,32)(H,33,34). The van der Waals surface area contributed by atoms with Crippen molar-refractivity contribution in [3.8, 4) is 17.2 Å². The van der Waals surface area contributed by atoms with Crippen molar-refractivity contribution < 1.29 is 39.5 Å². The third kappa shape index (κ3) is 6.86. The molecule has 194 valence electrons. The van der Waals surface area contributed by atoms with E-state index in [0.717, 1.165) is 17.2 Å². The van der Waals surface area contributed by atoms with Crippen molar-refractivity contribution in [3.63, 3.8) is 0 Å². The molecule has 10 nitrogen and oxygen atoms in total. The summed E-state index contributed by atoms with van der Waals surface area (Å²) in [5.74, 6) is -1.08. The van der Waals surface area contributed by atoms with Crippen molar-refractivity contribution in [2.45, 2.75) is 13.2 Å². The van der Waals surface area contributed by atoms with Crippen LogP contribution in [0.15, 0.2) is 91.0 Å². The van der Waals surface area contributed by atoms with Gasteiger partial charge >= 0.3 is 5.97 Å². The number of ether oxygens (including phenoxy) is 1. The second-order valence-electron chi connectivity index (χ2n) is 8.07. The number of hydrogen-bond donors (Lipinski definition) is 5. The number of carboxylic acids is 1. The Kier molecular flexibility index (Phi) is 8.52. The number of amides is 1. The first-order chi connectivity index (χ1) is 18.4. The van der Waals surface area contributed by atoms with Gasteiger partial charge in [0.25, 0.3) is 5.91 Å². The number of anilines is 2. The Morgan fingerprint density at radius 3 is 1.95 bits per heavy atom. The van der Waals surface area contributed by atoms with Gasteiger partial charge in [-0.1, -0.05) is 24.3 Å². The molecule has 0 saturated heterocycles. The number of phenolic OH excluding ortho intramolecular Hbond substituents is 1. The number of carbonyl (C=O) groups is 2. The molecule has 0 radical (unpaired) electrons. The molecule has 0 spiro atoms. The van der Waals surface area contributed by atoms with Crippen molar-refractivity contribution in [1.82, 2.24) is 0 Å². The Morgan fingerprint density at radius 2 is 1.34 bits per heavy atom. The van der Waals surface area contributed by atoms with Gasteiger partial charge in [0.1, 0.15) is 23.9 Å². The van der Waals surface area contributed by atoms with Crippen molar-refractivity contribution in [3.05, 3.63) is 113 Å². The van der Waals surface area contributed by atoms with E-state index in [-0.39, 0.29) is 30.1 Å². The highest BCUT2D eigenvalue weighted by Gasteiger charge is 2.17. The van der Waals surface area contributed by atoms with E-state index in [2.05, 4.69) is 15.7 Å². The minimum Gasteiger partial charge on any atom is -0.508 e. The number of aromatic hydroxyl groups is 1. The van der Waals surface area contributed by atoms with Gasteiger partial charge < -0.3 is 20.3 Å². The lowest BCUT2D eigenvalue weighted by Crippen LogP contribution is -2.16. The summed E-state index contributed by atoms with van der Waals surface area (Å²) in [5, 5.41) is 30.1. The van der Waals surface area contributed by atoms with Gasteiger partial charge in [-0.2, -0.15) is 0 Å². The first-order valence-corrected chi connectivity index (χ1v) is 11.4. The Hall–Kier alpha value is -4.90. The molecule has 0 bridgehead atoms. The summed E-state index contributed by atoms with van der Waals surface area (Å²) in [7, 11) is 0. The molecule has 0 heterocycles. The van der Waals surface area contributed by atoms with Gasteiger partial charge in [0, 0.05) is 5.69 Å². The third-order valence-corrected chi connectivity index (χ3v) is 5.44. The number of hydrogen-bond acceptors (Lipinski definition) is 8. The minimum absolute atomic E-state index is 0.0724. The summed E-state index contributed by atoms with van der Waals surface area (Å²) in [6.07, 6.45) is 0. The summed E-state index contributed by atoms with van der Waals surface area (Å²) < 4.78 is 5.83. The predicted molar refractivity (Wildman–Crippen MR) is 138 cm³/mol. The van der Waals surface area contributed by atoms with Crippen molar-refractivity contribution in [1.29, 1.82) is 0 Å². The molecule has 0 aliphatic heterocycles. The van der Waals surface area contributed by atoms with E-state index in [1.165, 1.54) is 12.1 Å². The average molecular weight is 517 g/mol. The second kappa shape index (κ2) is 12.4. The minimum atomic E-state index is -1.32. The first kappa shape index (κ1) is 26.2. The number of benzene rings is 4. The smallest absolute Gasteiger partial charge is 0.336 e. The maximum absolute atomic E-state index is 12.5. The zero-order chi connectivity index (χ0) is 26.9. The molecule has 4 aromatic rings. The van der Waals surface area contributed by atoms with Crippen LogP contribution in [-0.4, -0.2) is 27.3 Å². The Balaban J connectivity index is 1.30. The largest absolute Gasteiger partial charge is 0.508 e. The number of aromatic carboxylic acids is 1. The second-order valence-corrected chi connectivity index (χ2v) is 8.07. The third-order valence-electron chi connectivity index (χ3n) is 5.44.